The Balaban J connectivity index is 1.80. The van der Waals surface area contributed by atoms with E-state index in [2.05, 4.69) is 35.7 Å². The van der Waals surface area contributed by atoms with Crippen LogP contribution in [-0.4, -0.2) is 21.0 Å². The monoisotopic (exact) mass is 208 g/mol. The maximum absolute atomic E-state index is 4.15. The standard InChI is InChI=1S/C11H20N4/c1-9(2)12-6-11-8-15(14-13-11)7-10-4-3-5-10/h8-10,12H,3-7H2,1-2H3. The quantitative estimate of drug-likeness (QED) is 0.799. The van der Waals surface area contributed by atoms with Crippen LogP contribution in [0.15, 0.2) is 6.20 Å². The molecule has 0 aromatic carbocycles. The number of hydrogen-bond donors (Lipinski definition) is 1. The van der Waals surface area contributed by atoms with E-state index < -0.39 is 0 Å². The van der Waals surface area contributed by atoms with Crippen LogP contribution in [0.2, 0.25) is 0 Å². The SMILES string of the molecule is CC(C)NCc1cn(CC2CCC2)nn1. The molecule has 15 heavy (non-hydrogen) atoms. The summed E-state index contributed by atoms with van der Waals surface area (Å²) >= 11 is 0. The molecule has 1 aromatic heterocycles. The van der Waals surface area contributed by atoms with Crippen molar-refractivity contribution < 1.29 is 0 Å². The maximum atomic E-state index is 4.15. The lowest BCUT2D eigenvalue weighted by Crippen LogP contribution is -2.22. The molecule has 0 saturated heterocycles. The Morgan fingerprint density at radius 2 is 2.33 bits per heavy atom. The van der Waals surface area contributed by atoms with Gasteiger partial charge in [0.05, 0.1) is 5.69 Å². The van der Waals surface area contributed by atoms with Gasteiger partial charge in [0.15, 0.2) is 0 Å². The topological polar surface area (TPSA) is 42.7 Å². The predicted octanol–water partition coefficient (Wildman–Crippen LogP) is 1.58. The van der Waals surface area contributed by atoms with Crippen LogP contribution in [-0.2, 0) is 13.1 Å². The molecular weight excluding hydrogens is 188 g/mol. The molecule has 0 spiro atoms. The first-order valence-corrected chi connectivity index (χ1v) is 5.86. The third kappa shape index (κ3) is 3.02. The summed E-state index contributed by atoms with van der Waals surface area (Å²) < 4.78 is 1.99. The first-order valence-electron chi connectivity index (χ1n) is 5.86. The zero-order valence-electron chi connectivity index (χ0n) is 9.61. The van der Waals surface area contributed by atoms with Gasteiger partial charge in [-0.05, 0) is 18.8 Å². The molecule has 0 radical (unpaired) electrons. The molecule has 1 aliphatic carbocycles. The highest BCUT2D eigenvalue weighted by Crippen LogP contribution is 2.27. The van der Waals surface area contributed by atoms with Crippen LogP contribution in [0.4, 0.5) is 0 Å². The van der Waals surface area contributed by atoms with Crippen molar-refractivity contribution in [3.63, 3.8) is 0 Å². The van der Waals surface area contributed by atoms with E-state index in [0.29, 0.717) is 6.04 Å². The van der Waals surface area contributed by atoms with Crippen LogP contribution < -0.4 is 5.32 Å². The minimum atomic E-state index is 0.502. The average Bonchev–Trinajstić information content (AvgIpc) is 2.56. The van der Waals surface area contributed by atoms with Crippen LogP contribution >= 0.6 is 0 Å². The highest BCUT2D eigenvalue weighted by Gasteiger charge is 2.18. The lowest BCUT2D eigenvalue weighted by Gasteiger charge is -2.24. The molecule has 1 saturated carbocycles. The van der Waals surface area contributed by atoms with E-state index in [4.69, 9.17) is 0 Å². The van der Waals surface area contributed by atoms with Crippen molar-refractivity contribution in [3.05, 3.63) is 11.9 Å². The van der Waals surface area contributed by atoms with E-state index in [0.717, 1.165) is 24.7 Å². The van der Waals surface area contributed by atoms with Gasteiger partial charge in [0.2, 0.25) is 0 Å². The summed E-state index contributed by atoms with van der Waals surface area (Å²) in [5.41, 5.74) is 1.04. The molecule has 1 heterocycles. The van der Waals surface area contributed by atoms with Gasteiger partial charge < -0.3 is 5.32 Å². The Hall–Kier alpha value is -0.900. The van der Waals surface area contributed by atoms with Gasteiger partial charge in [-0.2, -0.15) is 0 Å². The van der Waals surface area contributed by atoms with E-state index in [1.807, 2.05) is 4.68 Å². The summed E-state index contributed by atoms with van der Waals surface area (Å²) in [7, 11) is 0. The largest absolute Gasteiger partial charge is 0.309 e. The van der Waals surface area contributed by atoms with E-state index in [-0.39, 0.29) is 0 Å². The average molecular weight is 208 g/mol. The van der Waals surface area contributed by atoms with E-state index in [9.17, 15) is 0 Å². The molecule has 0 unspecified atom stereocenters. The normalized spacial score (nSPS) is 17.0. The molecular formula is C11H20N4. The van der Waals surface area contributed by atoms with Gasteiger partial charge >= 0.3 is 0 Å². The number of aromatic nitrogens is 3. The van der Waals surface area contributed by atoms with Gasteiger partial charge in [0.25, 0.3) is 0 Å². The lowest BCUT2D eigenvalue weighted by atomic mass is 9.85. The van der Waals surface area contributed by atoms with Crippen LogP contribution in [0.1, 0.15) is 38.8 Å². The zero-order chi connectivity index (χ0) is 10.7. The molecule has 4 heteroatoms. The Morgan fingerprint density at radius 3 is 2.93 bits per heavy atom. The first kappa shape index (κ1) is 10.6. The van der Waals surface area contributed by atoms with Gasteiger partial charge in [-0.25, -0.2) is 0 Å². The molecule has 2 rings (SSSR count). The van der Waals surface area contributed by atoms with Crippen LogP contribution in [0.3, 0.4) is 0 Å². The van der Waals surface area contributed by atoms with E-state index in [1.54, 1.807) is 0 Å². The maximum Gasteiger partial charge on any atom is 0.0964 e. The minimum absolute atomic E-state index is 0.502. The molecule has 1 aliphatic rings. The lowest BCUT2D eigenvalue weighted by molar-refractivity contribution is 0.264. The fraction of sp³-hybridized carbons (Fsp3) is 0.818. The number of rotatable bonds is 5. The van der Waals surface area contributed by atoms with Crippen molar-refractivity contribution >= 4 is 0 Å². The zero-order valence-corrected chi connectivity index (χ0v) is 9.61. The third-order valence-corrected chi connectivity index (χ3v) is 2.95. The highest BCUT2D eigenvalue weighted by molar-refractivity contribution is 4.92. The summed E-state index contributed by atoms with van der Waals surface area (Å²) in [4.78, 5) is 0. The molecule has 0 aliphatic heterocycles. The highest BCUT2D eigenvalue weighted by atomic mass is 15.4. The Bertz CT molecular complexity index is 301. The predicted molar refractivity (Wildman–Crippen MR) is 59.3 cm³/mol. The Kier molecular flexibility index (Phi) is 3.36. The molecule has 1 fully saturated rings. The summed E-state index contributed by atoms with van der Waals surface area (Å²) in [6.07, 6.45) is 6.17. The summed E-state index contributed by atoms with van der Waals surface area (Å²) in [5.74, 6) is 0.845. The molecule has 0 atom stereocenters. The van der Waals surface area contributed by atoms with Crippen molar-refractivity contribution in [1.29, 1.82) is 0 Å². The van der Waals surface area contributed by atoms with Crippen molar-refractivity contribution in [1.82, 2.24) is 20.3 Å². The van der Waals surface area contributed by atoms with Crippen molar-refractivity contribution in [2.24, 2.45) is 5.92 Å². The smallest absolute Gasteiger partial charge is 0.0964 e. The molecule has 1 aromatic rings. The fourth-order valence-corrected chi connectivity index (χ4v) is 1.76. The van der Waals surface area contributed by atoms with Crippen molar-refractivity contribution in [2.75, 3.05) is 0 Å². The molecule has 0 bridgehead atoms. The third-order valence-electron chi connectivity index (χ3n) is 2.95. The van der Waals surface area contributed by atoms with Gasteiger partial charge in [-0.1, -0.05) is 25.5 Å². The minimum Gasteiger partial charge on any atom is -0.309 e. The number of nitrogens with zero attached hydrogens (tertiary/aromatic N) is 3. The molecule has 4 nitrogen and oxygen atoms in total. The Morgan fingerprint density at radius 1 is 1.53 bits per heavy atom. The second-order valence-corrected chi connectivity index (χ2v) is 4.76. The van der Waals surface area contributed by atoms with E-state index >= 15 is 0 Å². The van der Waals surface area contributed by atoms with Crippen LogP contribution in [0.5, 0.6) is 0 Å². The molecule has 0 amide bonds. The second-order valence-electron chi connectivity index (χ2n) is 4.76. The summed E-state index contributed by atoms with van der Waals surface area (Å²) in [6.45, 7) is 6.15. The van der Waals surface area contributed by atoms with Crippen molar-refractivity contribution in [2.45, 2.75) is 52.2 Å². The molecule has 84 valence electrons. The van der Waals surface area contributed by atoms with Gasteiger partial charge in [0, 0.05) is 25.3 Å². The van der Waals surface area contributed by atoms with Crippen molar-refractivity contribution in [3.8, 4) is 0 Å². The van der Waals surface area contributed by atoms with E-state index in [1.165, 1.54) is 19.3 Å². The summed E-state index contributed by atoms with van der Waals surface area (Å²) in [5, 5.41) is 11.6. The second kappa shape index (κ2) is 4.75. The van der Waals surface area contributed by atoms with Gasteiger partial charge in [-0.15, -0.1) is 5.10 Å². The summed E-state index contributed by atoms with van der Waals surface area (Å²) in [6, 6.07) is 0.502. The number of nitrogens with one attached hydrogen (secondary N) is 1. The van der Waals surface area contributed by atoms with Gasteiger partial charge in [-0.3, -0.25) is 4.68 Å². The molecule has 1 N–H and O–H groups in total. The fourth-order valence-electron chi connectivity index (χ4n) is 1.76. The van der Waals surface area contributed by atoms with Crippen LogP contribution in [0.25, 0.3) is 0 Å². The van der Waals surface area contributed by atoms with Crippen LogP contribution in [0, 0.1) is 5.92 Å². The number of hydrogen-bond acceptors (Lipinski definition) is 3. The first-order chi connectivity index (χ1) is 7.24. The Labute approximate surface area is 91.1 Å². The van der Waals surface area contributed by atoms with Gasteiger partial charge in [0.1, 0.15) is 0 Å².